The molecule has 0 saturated heterocycles. The first kappa shape index (κ1) is 12.1. The van der Waals surface area contributed by atoms with Gasteiger partial charge in [-0.05, 0) is 26.0 Å². The second-order valence-electron chi connectivity index (χ2n) is 3.94. The molecular weight excluding hydrogens is 208 g/mol. The van der Waals surface area contributed by atoms with Gasteiger partial charge in [-0.25, -0.2) is 0 Å². The Hall–Kier alpha value is -0.960. The van der Waals surface area contributed by atoms with E-state index in [9.17, 15) is 0 Å². The number of hydrogen-bond donors (Lipinski definition) is 0. The van der Waals surface area contributed by atoms with Gasteiger partial charge in [0, 0.05) is 13.8 Å². The Morgan fingerprint density at radius 2 is 1.87 bits per heavy atom. The van der Waals surface area contributed by atoms with Crippen molar-refractivity contribution in [2.24, 2.45) is 0 Å². The predicted octanol–water partition coefficient (Wildman–Crippen LogP) is 2.75. The number of carbonyl (C=O) groups excluding carboxylic acids is 1. The molecule has 1 rings (SSSR count). The fourth-order valence-corrected chi connectivity index (χ4v) is 1.35. The molecule has 0 aromatic rings. The zero-order valence-electron chi connectivity index (χ0n) is 9.61. The number of ether oxygens (including phenoxy) is 1. The van der Waals surface area contributed by atoms with Crippen molar-refractivity contribution in [1.82, 2.24) is 0 Å². The third-order valence-electron chi connectivity index (χ3n) is 1.65. The quantitative estimate of drug-likeness (QED) is 0.544. The highest BCUT2D eigenvalue weighted by molar-refractivity contribution is 7.82. The Balaban J connectivity index is 2.85. The lowest BCUT2D eigenvalue weighted by Gasteiger charge is -2.11. The van der Waals surface area contributed by atoms with E-state index in [2.05, 4.69) is 0 Å². The maximum absolute atomic E-state index is 5.58. The SMILES string of the molecule is CC(C)OC1=CC(=[O+]C(C)C)C(=S)C=C1. The zero-order chi connectivity index (χ0) is 11.4. The maximum atomic E-state index is 5.58. The van der Waals surface area contributed by atoms with Gasteiger partial charge in [-0.1, -0.05) is 12.2 Å². The van der Waals surface area contributed by atoms with Crippen molar-refractivity contribution in [1.29, 1.82) is 0 Å². The fourth-order valence-electron chi connectivity index (χ4n) is 1.18. The molecule has 0 fully saturated rings. The summed E-state index contributed by atoms with van der Waals surface area (Å²) in [5.41, 5.74) is 0. The van der Waals surface area contributed by atoms with Gasteiger partial charge in [0.15, 0.2) is 0 Å². The van der Waals surface area contributed by atoms with Gasteiger partial charge in [-0.3, -0.25) is 4.42 Å². The average Bonchev–Trinajstić information content (AvgIpc) is 2.09. The highest BCUT2D eigenvalue weighted by atomic mass is 32.1. The third-order valence-corrected chi connectivity index (χ3v) is 1.99. The van der Waals surface area contributed by atoms with Crippen molar-refractivity contribution in [3.05, 3.63) is 24.0 Å². The van der Waals surface area contributed by atoms with Gasteiger partial charge < -0.3 is 4.74 Å². The monoisotopic (exact) mass is 225 g/mol. The average molecular weight is 225 g/mol. The molecule has 0 radical (unpaired) electrons. The van der Waals surface area contributed by atoms with Crippen LogP contribution < -0.4 is 0 Å². The van der Waals surface area contributed by atoms with Gasteiger partial charge in [0.1, 0.15) is 10.6 Å². The summed E-state index contributed by atoms with van der Waals surface area (Å²) in [6.07, 6.45) is 5.84. The third kappa shape index (κ3) is 3.96. The second-order valence-corrected chi connectivity index (χ2v) is 4.38. The van der Waals surface area contributed by atoms with Crippen LogP contribution in [0.1, 0.15) is 27.7 Å². The summed E-state index contributed by atoms with van der Waals surface area (Å²) in [7, 11) is 0. The molecule has 0 spiro atoms. The molecule has 0 saturated carbocycles. The van der Waals surface area contributed by atoms with E-state index in [0.717, 1.165) is 16.4 Å². The van der Waals surface area contributed by atoms with Crippen LogP contribution in [0.15, 0.2) is 24.0 Å². The van der Waals surface area contributed by atoms with E-state index in [0.29, 0.717) is 0 Å². The Kier molecular flexibility index (Phi) is 4.21. The first-order valence-corrected chi connectivity index (χ1v) is 5.54. The Morgan fingerprint density at radius 1 is 1.20 bits per heavy atom. The zero-order valence-corrected chi connectivity index (χ0v) is 10.4. The first-order valence-electron chi connectivity index (χ1n) is 5.13. The lowest BCUT2D eigenvalue weighted by atomic mass is 10.1. The summed E-state index contributed by atoms with van der Waals surface area (Å²) >= 11 is 5.16. The largest absolute Gasteiger partial charge is 0.491 e. The van der Waals surface area contributed by atoms with Gasteiger partial charge in [0.2, 0.25) is 0 Å². The molecule has 15 heavy (non-hydrogen) atoms. The number of ketones is 1. The molecule has 0 aromatic carbocycles. The summed E-state index contributed by atoms with van der Waals surface area (Å²) in [5.74, 6) is 1.52. The van der Waals surface area contributed by atoms with Gasteiger partial charge in [0.25, 0.3) is 6.10 Å². The van der Waals surface area contributed by atoms with Crippen LogP contribution >= 0.6 is 12.2 Å². The molecule has 0 heterocycles. The van der Waals surface area contributed by atoms with Crippen molar-refractivity contribution in [3.8, 4) is 0 Å². The summed E-state index contributed by atoms with van der Waals surface area (Å²) in [6, 6.07) is 0. The van der Waals surface area contributed by atoms with Crippen LogP contribution in [0.2, 0.25) is 0 Å². The Morgan fingerprint density at radius 3 is 2.40 bits per heavy atom. The van der Waals surface area contributed by atoms with Crippen LogP contribution in [0.4, 0.5) is 0 Å². The maximum Gasteiger partial charge on any atom is 0.365 e. The molecule has 0 unspecified atom stereocenters. The highest BCUT2D eigenvalue weighted by Crippen LogP contribution is 2.10. The van der Waals surface area contributed by atoms with E-state index < -0.39 is 0 Å². The molecule has 82 valence electrons. The van der Waals surface area contributed by atoms with Crippen molar-refractivity contribution in [3.63, 3.8) is 0 Å². The second kappa shape index (κ2) is 5.21. The van der Waals surface area contributed by atoms with E-state index in [1.54, 1.807) is 0 Å². The van der Waals surface area contributed by atoms with Crippen molar-refractivity contribution in [2.45, 2.75) is 39.9 Å². The predicted molar refractivity (Wildman–Crippen MR) is 66.2 cm³/mol. The molecule has 0 amide bonds. The van der Waals surface area contributed by atoms with Crippen molar-refractivity contribution < 1.29 is 9.16 Å². The molecule has 1 aliphatic rings. The smallest absolute Gasteiger partial charge is 0.365 e. The van der Waals surface area contributed by atoms with E-state index in [1.807, 2.05) is 45.9 Å². The van der Waals surface area contributed by atoms with Crippen molar-refractivity contribution in [2.75, 3.05) is 0 Å². The summed E-state index contributed by atoms with van der Waals surface area (Å²) in [4.78, 5) is 0.722. The molecule has 0 aliphatic heterocycles. The molecule has 1 aliphatic carbocycles. The molecule has 0 N–H and O–H groups in total. The number of rotatable bonds is 3. The van der Waals surface area contributed by atoms with Gasteiger partial charge in [-0.15, -0.1) is 0 Å². The summed E-state index contributed by atoms with van der Waals surface area (Å²) in [5, 5.41) is 0. The van der Waals surface area contributed by atoms with Crippen LogP contribution in [0, 0.1) is 0 Å². The van der Waals surface area contributed by atoms with E-state index >= 15 is 0 Å². The lowest BCUT2D eigenvalue weighted by Crippen LogP contribution is -2.17. The lowest BCUT2D eigenvalue weighted by molar-refractivity contribution is -0.490. The van der Waals surface area contributed by atoms with Gasteiger partial charge >= 0.3 is 5.78 Å². The molecule has 0 atom stereocenters. The van der Waals surface area contributed by atoms with Crippen LogP contribution in [0.3, 0.4) is 0 Å². The molecule has 0 bridgehead atoms. The van der Waals surface area contributed by atoms with Crippen LogP contribution in [-0.2, 0) is 9.16 Å². The van der Waals surface area contributed by atoms with Gasteiger partial charge in [0.05, 0.1) is 12.2 Å². The molecule has 3 heteroatoms. The molecule has 0 aromatic heterocycles. The summed E-state index contributed by atoms with van der Waals surface area (Å²) in [6.45, 7) is 7.94. The van der Waals surface area contributed by atoms with Crippen LogP contribution in [0.25, 0.3) is 0 Å². The summed E-state index contributed by atoms with van der Waals surface area (Å²) < 4.78 is 11.1. The van der Waals surface area contributed by atoms with E-state index in [-0.39, 0.29) is 12.2 Å². The van der Waals surface area contributed by atoms with E-state index in [1.165, 1.54) is 0 Å². The van der Waals surface area contributed by atoms with Crippen molar-refractivity contribution >= 4 is 22.9 Å². The van der Waals surface area contributed by atoms with Crippen LogP contribution in [0.5, 0.6) is 0 Å². The number of thiocarbonyl (C=S) groups is 1. The Bertz CT molecular complexity index is 336. The normalized spacial score (nSPS) is 18.9. The molecular formula is C12H17O2S+. The topological polar surface area (TPSA) is 20.5 Å². The number of allylic oxidation sites excluding steroid dienone is 3. The van der Waals surface area contributed by atoms with E-state index in [4.69, 9.17) is 21.4 Å². The Labute approximate surface area is 96.3 Å². The van der Waals surface area contributed by atoms with Crippen LogP contribution in [-0.4, -0.2) is 22.9 Å². The standard InChI is InChI=1S/C12H17O2S/c1-8(2)13-10-5-6-12(15)11(7-10)14-9(3)4/h5-9H,1-4H3/q+1. The minimum absolute atomic E-state index is 0.126. The fraction of sp³-hybridized carbons (Fsp3) is 0.500. The molecule has 2 nitrogen and oxygen atoms in total. The minimum atomic E-state index is 0.126. The highest BCUT2D eigenvalue weighted by Gasteiger charge is 2.21. The van der Waals surface area contributed by atoms with Gasteiger partial charge in [-0.2, -0.15) is 0 Å². The number of hydrogen-bond acceptors (Lipinski definition) is 2. The first-order chi connectivity index (χ1) is 6.99. The minimum Gasteiger partial charge on any atom is -0.491 e.